The van der Waals surface area contributed by atoms with Crippen LogP contribution in [0.1, 0.15) is 6.92 Å². The van der Waals surface area contributed by atoms with E-state index in [9.17, 15) is 9.59 Å². The van der Waals surface area contributed by atoms with Crippen LogP contribution in [0.5, 0.6) is 5.75 Å². The first kappa shape index (κ1) is 13.4. The fraction of sp³-hybridized carbons (Fsp3) is 0.385. The van der Waals surface area contributed by atoms with Gasteiger partial charge in [0.1, 0.15) is 5.75 Å². The van der Waals surface area contributed by atoms with Crippen molar-refractivity contribution in [3.8, 4) is 5.75 Å². The highest BCUT2D eigenvalue weighted by Gasteiger charge is 2.48. The number of carbonyl (C=O) groups is 2. The molecule has 1 aromatic rings. The minimum Gasteiger partial charge on any atom is -0.466 e. The minimum absolute atomic E-state index is 0.146. The van der Waals surface area contributed by atoms with Crippen LogP contribution in [0, 0.1) is 0 Å². The number of aliphatic hydroxyl groups is 1. The maximum atomic E-state index is 12.3. The van der Waals surface area contributed by atoms with Gasteiger partial charge >= 0.3 is 0 Å². The SMILES string of the molecule is CN(CCO)C(=O)C1(C)Oc2ccccc2NC1=O. The van der Waals surface area contributed by atoms with Gasteiger partial charge in [-0.15, -0.1) is 0 Å². The van der Waals surface area contributed by atoms with Crippen molar-refractivity contribution in [3.05, 3.63) is 24.3 Å². The number of hydrogen-bond acceptors (Lipinski definition) is 4. The highest BCUT2D eigenvalue weighted by molar-refractivity contribution is 6.15. The van der Waals surface area contributed by atoms with E-state index < -0.39 is 17.4 Å². The van der Waals surface area contributed by atoms with E-state index in [1.165, 1.54) is 18.9 Å². The van der Waals surface area contributed by atoms with Crippen LogP contribution in [-0.2, 0) is 9.59 Å². The van der Waals surface area contributed by atoms with E-state index in [0.29, 0.717) is 11.4 Å². The summed E-state index contributed by atoms with van der Waals surface area (Å²) in [5.41, 5.74) is -1.07. The molecule has 0 radical (unpaired) electrons. The zero-order valence-corrected chi connectivity index (χ0v) is 10.8. The molecule has 1 aliphatic rings. The molecule has 1 unspecified atom stereocenters. The van der Waals surface area contributed by atoms with Gasteiger partial charge in [-0.25, -0.2) is 0 Å². The molecule has 0 saturated carbocycles. The fourth-order valence-corrected chi connectivity index (χ4v) is 1.92. The number of nitrogens with one attached hydrogen (secondary N) is 1. The lowest BCUT2D eigenvalue weighted by Crippen LogP contribution is -2.59. The van der Waals surface area contributed by atoms with Gasteiger partial charge in [0.15, 0.2) is 0 Å². The number of hydrogen-bond donors (Lipinski definition) is 2. The van der Waals surface area contributed by atoms with E-state index >= 15 is 0 Å². The second kappa shape index (κ2) is 4.89. The van der Waals surface area contributed by atoms with Crippen LogP contribution in [0.2, 0.25) is 0 Å². The lowest BCUT2D eigenvalue weighted by molar-refractivity contribution is -0.153. The maximum Gasteiger partial charge on any atom is 0.278 e. The highest BCUT2D eigenvalue weighted by Crippen LogP contribution is 2.33. The quantitative estimate of drug-likeness (QED) is 0.766. The molecule has 102 valence electrons. The van der Waals surface area contributed by atoms with Crippen molar-refractivity contribution in [2.24, 2.45) is 0 Å². The molecule has 2 amide bonds. The van der Waals surface area contributed by atoms with Crippen molar-refractivity contribution < 1.29 is 19.4 Å². The fourth-order valence-electron chi connectivity index (χ4n) is 1.92. The third-order valence-corrected chi connectivity index (χ3v) is 3.07. The summed E-state index contributed by atoms with van der Waals surface area (Å²) in [6.07, 6.45) is 0. The average molecular weight is 264 g/mol. The Bertz CT molecular complexity index is 517. The summed E-state index contributed by atoms with van der Waals surface area (Å²) in [5.74, 6) is -0.551. The number of para-hydroxylation sites is 2. The van der Waals surface area contributed by atoms with Crippen LogP contribution in [0.4, 0.5) is 5.69 Å². The Labute approximate surface area is 111 Å². The average Bonchev–Trinajstić information content (AvgIpc) is 2.39. The van der Waals surface area contributed by atoms with Gasteiger partial charge in [0, 0.05) is 13.6 Å². The van der Waals surface area contributed by atoms with E-state index in [-0.39, 0.29) is 13.2 Å². The van der Waals surface area contributed by atoms with Gasteiger partial charge < -0.3 is 20.1 Å². The van der Waals surface area contributed by atoms with Gasteiger partial charge in [-0.1, -0.05) is 12.1 Å². The largest absolute Gasteiger partial charge is 0.466 e. The molecule has 0 fully saturated rings. The molecule has 0 spiro atoms. The number of benzene rings is 1. The molecule has 19 heavy (non-hydrogen) atoms. The van der Waals surface area contributed by atoms with Crippen molar-refractivity contribution in [1.29, 1.82) is 0 Å². The Kier molecular flexibility index (Phi) is 3.44. The monoisotopic (exact) mass is 264 g/mol. The Morgan fingerprint density at radius 1 is 1.47 bits per heavy atom. The molecule has 0 aliphatic carbocycles. The Morgan fingerprint density at radius 2 is 2.16 bits per heavy atom. The van der Waals surface area contributed by atoms with Crippen molar-refractivity contribution in [2.45, 2.75) is 12.5 Å². The summed E-state index contributed by atoms with van der Waals surface area (Å²) in [7, 11) is 1.51. The zero-order chi connectivity index (χ0) is 14.0. The second-order valence-electron chi connectivity index (χ2n) is 4.54. The first-order valence-corrected chi connectivity index (χ1v) is 5.95. The normalized spacial score (nSPS) is 21.1. The van der Waals surface area contributed by atoms with Gasteiger partial charge in [-0.3, -0.25) is 9.59 Å². The van der Waals surface area contributed by atoms with Crippen LogP contribution in [0.25, 0.3) is 0 Å². The molecule has 1 aliphatic heterocycles. The zero-order valence-electron chi connectivity index (χ0n) is 10.8. The molecule has 1 atom stereocenters. The molecule has 0 aromatic heterocycles. The first-order chi connectivity index (χ1) is 8.99. The molecular weight excluding hydrogens is 248 g/mol. The first-order valence-electron chi connectivity index (χ1n) is 5.95. The number of ether oxygens (including phenoxy) is 1. The highest BCUT2D eigenvalue weighted by atomic mass is 16.5. The number of amides is 2. The topological polar surface area (TPSA) is 78.9 Å². The lowest BCUT2D eigenvalue weighted by atomic mass is 10.0. The van der Waals surface area contributed by atoms with Gasteiger partial charge in [-0.2, -0.15) is 0 Å². The molecule has 2 N–H and O–H groups in total. The van der Waals surface area contributed by atoms with Crippen LogP contribution in [-0.4, -0.2) is 47.6 Å². The van der Waals surface area contributed by atoms with Crippen LogP contribution < -0.4 is 10.1 Å². The molecular formula is C13H16N2O4. The van der Waals surface area contributed by atoms with Gasteiger partial charge in [0.25, 0.3) is 17.4 Å². The number of rotatable bonds is 3. The standard InChI is InChI=1S/C13H16N2O4/c1-13(12(18)15(2)7-8-16)11(17)14-9-5-3-4-6-10(9)19-13/h3-6,16H,7-8H2,1-2H3,(H,14,17). The van der Waals surface area contributed by atoms with Crippen molar-refractivity contribution in [3.63, 3.8) is 0 Å². The number of aliphatic hydroxyl groups excluding tert-OH is 1. The molecule has 1 aromatic carbocycles. The van der Waals surface area contributed by atoms with Gasteiger partial charge in [0.05, 0.1) is 12.3 Å². The number of likely N-dealkylation sites (N-methyl/N-ethyl adjacent to an activating group) is 1. The molecule has 0 bridgehead atoms. The van der Waals surface area contributed by atoms with E-state index in [2.05, 4.69) is 5.32 Å². The van der Waals surface area contributed by atoms with Crippen LogP contribution >= 0.6 is 0 Å². The van der Waals surface area contributed by atoms with Gasteiger partial charge in [0.2, 0.25) is 0 Å². The summed E-state index contributed by atoms with van der Waals surface area (Å²) >= 11 is 0. The van der Waals surface area contributed by atoms with Crippen molar-refractivity contribution >= 4 is 17.5 Å². The molecule has 6 nitrogen and oxygen atoms in total. The number of fused-ring (bicyclic) bond motifs is 1. The summed E-state index contributed by atoms with van der Waals surface area (Å²) in [5, 5.41) is 11.5. The third-order valence-electron chi connectivity index (χ3n) is 3.07. The molecule has 0 saturated heterocycles. The maximum absolute atomic E-state index is 12.3. The summed E-state index contributed by atoms with van der Waals surface area (Å²) in [6.45, 7) is 1.40. The number of carbonyl (C=O) groups excluding carboxylic acids is 2. The Hall–Kier alpha value is -2.08. The predicted molar refractivity (Wildman–Crippen MR) is 68.8 cm³/mol. The van der Waals surface area contributed by atoms with Crippen LogP contribution in [0.3, 0.4) is 0 Å². The minimum atomic E-state index is -1.61. The van der Waals surface area contributed by atoms with E-state index in [4.69, 9.17) is 9.84 Å². The molecule has 2 rings (SSSR count). The summed E-state index contributed by atoms with van der Waals surface area (Å²) in [4.78, 5) is 25.6. The Morgan fingerprint density at radius 3 is 2.84 bits per heavy atom. The predicted octanol–water partition coefficient (Wildman–Crippen LogP) is 0.227. The second-order valence-corrected chi connectivity index (χ2v) is 4.54. The number of anilines is 1. The van der Waals surface area contributed by atoms with Crippen molar-refractivity contribution in [1.82, 2.24) is 4.90 Å². The van der Waals surface area contributed by atoms with Crippen LogP contribution in [0.15, 0.2) is 24.3 Å². The lowest BCUT2D eigenvalue weighted by Gasteiger charge is -2.35. The molecule has 6 heteroatoms. The Balaban J connectivity index is 2.30. The number of nitrogens with zero attached hydrogens (tertiary/aromatic N) is 1. The smallest absolute Gasteiger partial charge is 0.278 e. The third kappa shape index (κ3) is 2.26. The van der Waals surface area contributed by atoms with E-state index in [1.54, 1.807) is 24.3 Å². The van der Waals surface area contributed by atoms with Gasteiger partial charge in [-0.05, 0) is 19.1 Å². The van der Waals surface area contributed by atoms with Crippen molar-refractivity contribution in [2.75, 3.05) is 25.5 Å². The molecule has 1 heterocycles. The summed E-state index contributed by atoms with van der Waals surface area (Å²) < 4.78 is 5.58. The van der Waals surface area contributed by atoms with E-state index in [0.717, 1.165) is 0 Å². The van der Waals surface area contributed by atoms with E-state index in [1.807, 2.05) is 0 Å². The summed E-state index contributed by atoms with van der Waals surface area (Å²) in [6, 6.07) is 6.92.